The second-order valence-corrected chi connectivity index (χ2v) is 4.17. The van der Waals surface area contributed by atoms with Gasteiger partial charge in [-0.3, -0.25) is 0 Å². The zero-order valence-electron chi connectivity index (χ0n) is 9.26. The highest BCUT2D eigenvalue weighted by Crippen LogP contribution is 2.28. The van der Waals surface area contributed by atoms with E-state index in [2.05, 4.69) is 11.1 Å². The number of nitriles is 1. The van der Waals surface area contributed by atoms with Gasteiger partial charge in [0.15, 0.2) is 0 Å². The summed E-state index contributed by atoms with van der Waals surface area (Å²) in [6.45, 7) is 1.41. The molecule has 5 nitrogen and oxygen atoms in total. The van der Waals surface area contributed by atoms with Crippen LogP contribution in [0.25, 0.3) is 11.0 Å². The lowest BCUT2D eigenvalue weighted by atomic mass is 10.2. The Kier molecular flexibility index (Phi) is 2.23. The van der Waals surface area contributed by atoms with Crippen molar-refractivity contribution in [2.75, 3.05) is 18.9 Å². The zero-order valence-corrected chi connectivity index (χ0v) is 9.26. The van der Waals surface area contributed by atoms with Crippen molar-refractivity contribution in [3.05, 3.63) is 23.8 Å². The van der Waals surface area contributed by atoms with Crippen molar-refractivity contribution in [3.8, 4) is 6.07 Å². The summed E-state index contributed by atoms with van der Waals surface area (Å²) in [7, 11) is 0. The summed E-state index contributed by atoms with van der Waals surface area (Å²) in [5.41, 5.74) is 8.30. The van der Waals surface area contributed by atoms with Crippen molar-refractivity contribution in [1.82, 2.24) is 9.55 Å². The lowest BCUT2D eigenvalue weighted by Gasteiger charge is -2.12. The smallest absolute Gasteiger partial charge is 0.201 e. The van der Waals surface area contributed by atoms with Gasteiger partial charge in [0.1, 0.15) is 0 Å². The van der Waals surface area contributed by atoms with Crippen LogP contribution in [-0.4, -0.2) is 22.8 Å². The van der Waals surface area contributed by atoms with Crippen LogP contribution < -0.4 is 5.73 Å². The van der Waals surface area contributed by atoms with E-state index in [0.717, 1.165) is 24.1 Å². The van der Waals surface area contributed by atoms with Crippen molar-refractivity contribution in [2.24, 2.45) is 0 Å². The molecular formula is C12H12N4O. The molecule has 0 spiro atoms. The number of fused-ring (bicyclic) bond motifs is 1. The van der Waals surface area contributed by atoms with Crippen molar-refractivity contribution in [2.45, 2.75) is 12.5 Å². The number of aromatic nitrogens is 2. The minimum Gasteiger partial charge on any atom is -0.379 e. The third-order valence-electron chi connectivity index (χ3n) is 3.12. The number of ether oxygens (including phenoxy) is 1. The van der Waals surface area contributed by atoms with Gasteiger partial charge in [-0.05, 0) is 24.6 Å². The van der Waals surface area contributed by atoms with Crippen LogP contribution in [0.5, 0.6) is 0 Å². The molecule has 1 unspecified atom stereocenters. The van der Waals surface area contributed by atoms with Crippen LogP contribution in [0, 0.1) is 11.3 Å². The number of hydrogen-bond donors (Lipinski definition) is 1. The molecule has 1 atom stereocenters. The maximum Gasteiger partial charge on any atom is 0.201 e. The minimum atomic E-state index is 0.231. The number of anilines is 1. The maximum absolute atomic E-state index is 8.92. The highest BCUT2D eigenvalue weighted by Gasteiger charge is 2.22. The van der Waals surface area contributed by atoms with Crippen LogP contribution in [0.15, 0.2) is 18.2 Å². The fraction of sp³-hybridized carbons (Fsp3) is 0.333. The monoisotopic (exact) mass is 228 g/mol. The van der Waals surface area contributed by atoms with Gasteiger partial charge < -0.3 is 15.0 Å². The molecule has 5 heteroatoms. The first-order valence-electron chi connectivity index (χ1n) is 5.55. The summed E-state index contributed by atoms with van der Waals surface area (Å²) in [6, 6.07) is 7.78. The lowest BCUT2D eigenvalue weighted by Crippen LogP contribution is -2.11. The van der Waals surface area contributed by atoms with Gasteiger partial charge in [-0.1, -0.05) is 0 Å². The van der Waals surface area contributed by atoms with Gasteiger partial charge in [0.05, 0.1) is 35.3 Å². The number of nitrogens with zero attached hydrogens (tertiary/aromatic N) is 3. The van der Waals surface area contributed by atoms with Gasteiger partial charge >= 0.3 is 0 Å². The average molecular weight is 228 g/mol. The first-order valence-corrected chi connectivity index (χ1v) is 5.55. The van der Waals surface area contributed by atoms with Gasteiger partial charge in [0.25, 0.3) is 0 Å². The van der Waals surface area contributed by atoms with Crippen LogP contribution in [0.2, 0.25) is 0 Å². The molecule has 0 amide bonds. The van der Waals surface area contributed by atoms with E-state index in [4.69, 9.17) is 15.7 Å². The lowest BCUT2D eigenvalue weighted by molar-refractivity contribution is 0.187. The Morgan fingerprint density at radius 3 is 3.12 bits per heavy atom. The van der Waals surface area contributed by atoms with E-state index in [1.54, 1.807) is 6.07 Å². The Bertz CT molecular complexity index is 605. The summed E-state index contributed by atoms with van der Waals surface area (Å²) in [4.78, 5) is 4.31. The van der Waals surface area contributed by atoms with Gasteiger partial charge in [0.2, 0.25) is 5.95 Å². The third kappa shape index (κ3) is 1.54. The molecule has 17 heavy (non-hydrogen) atoms. The molecule has 3 rings (SSSR count). The number of hydrogen-bond acceptors (Lipinski definition) is 4. The highest BCUT2D eigenvalue weighted by molar-refractivity contribution is 5.80. The van der Waals surface area contributed by atoms with Crippen molar-refractivity contribution >= 4 is 17.0 Å². The van der Waals surface area contributed by atoms with Gasteiger partial charge in [-0.25, -0.2) is 4.98 Å². The molecule has 1 aliphatic heterocycles. The number of imidazole rings is 1. The molecule has 2 aromatic rings. The Morgan fingerprint density at radius 1 is 1.53 bits per heavy atom. The molecule has 0 saturated carbocycles. The van der Waals surface area contributed by atoms with Crippen LogP contribution >= 0.6 is 0 Å². The van der Waals surface area contributed by atoms with Gasteiger partial charge in [0, 0.05) is 6.61 Å². The molecule has 1 aromatic carbocycles. The zero-order chi connectivity index (χ0) is 11.8. The number of nitrogens with two attached hydrogens (primary N) is 1. The van der Waals surface area contributed by atoms with Crippen molar-refractivity contribution in [3.63, 3.8) is 0 Å². The van der Waals surface area contributed by atoms with Crippen LogP contribution in [-0.2, 0) is 4.74 Å². The predicted octanol–water partition coefficient (Wildman–Crippen LogP) is 1.45. The second kappa shape index (κ2) is 3.75. The summed E-state index contributed by atoms with van der Waals surface area (Å²) in [5, 5.41) is 8.92. The second-order valence-electron chi connectivity index (χ2n) is 4.17. The Morgan fingerprint density at radius 2 is 2.41 bits per heavy atom. The van der Waals surface area contributed by atoms with Crippen molar-refractivity contribution < 1.29 is 4.74 Å². The molecule has 0 aliphatic carbocycles. The molecule has 86 valence electrons. The van der Waals surface area contributed by atoms with Crippen LogP contribution in [0.1, 0.15) is 18.0 Å². The molecule has 0 radical (unpaired) electrons. The van der Waals surface area contributed by atoms with Crippen LogP contribution in [0.4, 0.5) is 5.95 Å². The van der Waals surface area contributed by atoms with E-state index in [9.17, 15) is 0 Å². The number of benzene rings is 1. The summed E-state index contributed by atoms with van der Waals surface area (Å²) >= 11 is 0. The van der Waals surface area contributed by atoms with E-state index in [-0.39, 0.29) is 6.04 Å². The van der Waals surface area contributed by atoms with E-state index >= 15 is 0 Å². The molecule has 0 bridgehead atoms. The van der Waals surface area contributed by atoms with E-state index < -0.39 is 0 Å². The highest BCUT2D eigenvalue weighted by atomic mass is 16.5. The van der Waals surface area contributed by atoms with Crippen molar-refractivity contribution in [1.29, 1.82) is 5.26 Å². The predicted molar refractivity (Wildman–Crippen MR) is 63.3 cm³/mol. The minimum absolute atomic E-state index is 0.231. The molecule has 1 aliphatic rings. The fourth-order valence-corrected chi connectivity index (χ4v) is 2.29. The standard InChI is InChI=1S/C12H12N4O/c13-6-8-1-2-10-11(5-8)16(12(14)15-10)9-3-4-17-7-9/h1-2,5,9H,3-4,7H2,(H2,14,15). The van der Waals surface area contributed by atoms with Gasteiger partial charge in [-0.15, -0.1) is 0 Å². The Hall–Kier alpha value is -2.06. The Labute approximate surface area is 98.4 Å². The van der Waals surface area contributed by atoms with Crippen LogP contribution in [0.3, 0.4) is 0 Å². The van der Waals surface area contributed by atoms with E-state index in [1.165, 1.54) is 0 Å². The molecular weight excluding hydrogens is 216 g/mol. The number of nitrogen functional groups attached to an aromatic ring is 1. The molecule has 1 aromatic heterocycles. The number of rotatable bonds is 1. The summed E-state index contributed by atoms with van der Waals surface area (Å²) in [6.07, 6.45) is 0.937. The van der Waals surface area contributed by atoms with Gasteiger partial charge in [-0.2, -0.15) is 5.26 Å². The molecule has 1 saturated heterocycles. The largest absolute Gasteiger partial charge is 0.379 e. The topological polar surface area (TPSA) is 76.9 Å². The van der Waals surface area contributed by atoms with E-state index in [1.807, 2.05) is 16.7 Å². The fourth-order valence-electron chi connectivity index (χ4n) is 2.29. The Balaban J connectivity index is 2.21. The van der Waals surface area contributed by atoms with E-state index in [0.29, 0.717) is 18.1 Å². The maximum atomic E-state index is 8.92. The third-order valence-corrected chi connectivity index (χ3v) is 3.12. The molecule has 2 N–H and O–H groups in total. The quantitative estimate of drug-likeness (QED) is 0.801. The molecule has 1 fully saturated rings. The normalized spacial score (nSPS) is 19.6. The first kappa shape index (κ1) is 10.1. The summed E-state index contributed by atoms with van der Waals surface area (Å²) < 4.78 is 7.35. The summed E-state index contributed by atoms with van der Waals surface area (Å²) in [5.74, 6) is 0.491. The first-order chi connectivity index (χ1) is 8.29. The average Bonchev–Trinajstić information content (AvgIpc) is 2.93. The molecule has 2 heterocycles. The SMILES string of the molecule is N#Cc1ccc2nc(N)n(C3CCOC3)c2c1.